The van der Waals surface area contributed by atoms with Crippen LogP contribution in [0.15, 0.2) is 42.5 Å². The van der Waals surface area contributed by atoms with E-state index < -0.39 is 0 Å². The van der Waals surface area contributed by atoms with Crippen LogP contribution in [0.2, 0.25) is 0 Å². The molecule has 0 saturated carbocycles. The van der Waals surface area contributed by atoms with Gasteiger partial charge in [-0.15, -0.1) is 0 Å². The van der Waals surface area contributed by atoms with Crippen LogP contribution in [0, 0.1) is 25.7 Å². The summed E-state index contributed by atoms with van der Waals surface area (Å²) in [7, 11) is 0. The first-order valence-electron chi connectivity index (χ1n) is 7.08. The summed E-state index contributed by atoms with van der Waals surface area (Å²) in [5.74, 6) is 6.84. The summed E-state index contributed by atoms with van der Waals surface area (Å²) >= 11 is 0. The van der Waals surface area contributed by atoms with Crippen LogP contribution in [0.4, 0.5) is 0 Å². The molecular weight excluding hydrogens is 260 g/mol. The largest absolute Gasteiger partial charge is 0.489 e. The van der Waals surface area contributed by atoms with Crippen molar-refractivity contribution < 1.29 is 9.84 Å². The van der Waals surface area contributed by atoms with Crippen LogP contribution < -0.4 is 4.74 Å². The van der Waals surface area contributed by atoms with E-state index in [1.165, 1.54) is 11.1 Å². The van der Waals surface area contributed by atoms with Gasteiger partial charge in [0.15, 0.2) is 0 Å². The van der Waals surface area contributed by atoms with Gasteiger partial charge in [-0.2, -0.15) is 0 Å². The molecule has 0 saturated heterocycles. The number of aryl methyl sites for hydroxylation is 2. The summed E-state index contributed by atoms with van der Waals surface area (Å²) in [6.07, 6.45) is 0.505. The molecule has 108 valence electrons. The van der Waals surface area contributed by atoms with E-state index in [0.717, 1.165) is 16.9 Å². The predicted octanol–water partition coefficient (Wildman–Crippen LogP) is 3.62. The maximum absolute atomic E-state index is 8.74. The molecule has 0 fully saturated rings. The number of benzene rings is 2. The lowest BCUT2D eigenvalue weighted by Gasteiger charge is -2.09. The molecule has 0 bridgehead atoms. The van der Waals surface area contributed by atoms with Crippen LogP contribution in [-0.4, -0.2) is 11.7 Å². The normalized spacial score (nSPS) is 9.86. The van der Waals surface area contributed by atoms with Crippen LogP contribution >= 0.6 is 0 Å². The summed E-state index contributed by atoms with van der Waals surface area (Å²) in [6.45, 7) is 4.78. The maximum atomic E-state index is 8.74. The van der Waals surface area contributed by atoms with Crippen LogP contribution in [0.3, 0.4) is 0 Å². The van der Waals surface area contributed by atoms with E-state index in [1.807, 2.05) is 37.3 Å². The Kier molecular flexibility index (Phi) is 5.43. The molecule has 0 unspecified atom stereocenters. The van der Waals surface area contributed by atoms with Crippen molar-refractivity contribution in [2.75, 3.05) is 6.61 Å². The molecule has 2 aromatic rings. The van der Waals surface area contributed by atoms with Gasteiger partial charge < -0.3 is 9.84 Å². The average Bonchev–Trinajstić information content (AvgIpc) is 2.49. The van der Waals surface area contributed by atoms with E-state index in [9.17, 15) is 0 Å². The van der Waals surface area contributed by atoms with Crippen molar-refractivity contribution in [1.82, 2.24) is 0 Å². The monoisotopic (exact) mass is 280 g/mol. The molecule has 2 heteroatoms. The molecule has 0 aliphatic carbocycles. The van der Waals surface area contributed by atoms with Crippen molar-refractivity contribution in [3.63, 3.8) is 0 Å². The highest BCUT2D eigenvalue weighted by Gasteiger charge is 2.01. The van der Waals surface area contributed by atoms with Crippen LogP contribution in [0.25, 0.3) is 0 Å². The molecular formula is C19H20O2. The zero-order valence-corrected chi connectivity index (χ0v) is 12.5. The minimum absolute atomic E-state index is 0.101. The minimum Gasteiger partial charge on any atom is -0.489 e. The van der Waals surface area contributed by atoms with Gasteiger partial charge in [-0.25, -0.2) is 0 Å². The number of aliphatic hydroxyl groups is 1. The van der Waals surface area contributed by atoms with Crippen molar-refractivity contribution in [2.24, 2.45) is 0 Å². The Labute approximate surface area is 126 Å². The van der Waals surface area contributed by atoms with Gasteiger partial charge in [0.1, 0.15) is 12.4 Å². The Morgan fingerprint density at radius 2 is 1.86 bits per heavy atom. The zero-order valence-electron chi connectivity index (χ0n) is 12.5. The molecule has 0 aromatic heterocycles. The first-order chi connectivity index (χ1) is 10.2. The van der Waals surface area contributed by atoms with Gasteiger partial charge in [0.2, 0.25) is 0 Å². The van der Waals surface area contributed by atoms with Gasteiger partial charge in [0, 0.05) is 12.0 Å². The number of ether oxygens (including phenoxy) is 1. The molecule has 21 heavy (non-hydrogen) atoms. The summed E-state index contributed by atoms with van der Waals surface area (Å²) < 4.78 is 5.85. The molecule has 0 atom stereocenters. The lowest BCUT2D eigenvalue weighted by molar-refractivity contribution is 0.305. The number of aliphatic hydroxyl groups excluding tert-OH is 1. The standard InChI is InChI=1S/C19H20O2/c1-15-7-3-4-9-18(15)14-21-19-11-10-17(16(2)13-19)8-5-6-12-20/h3-4,7,9-11,13,20H,6,12,14H2,1-2H3. The molecule has 0 spiro atoms. The molecule has 0 aliphatic heterocycles. The number of hydrogen-bond acceptors (Lipinski definition) is 2. The first kappa shape index (κ1) is 15.2. The second-order valence-electron chi connectivity index (χ2n) is 4.97. The second kappa shape index (κ2) is 7.52. The van der Waals surface area contributed by atoms with E-state index in [0.29, 0.717) is 13.0 Å². The maximum Gasteiger partial charge on any atom is 0.120 e. The third kappa shape index (κ3) is 4.37. The highest BCUT2D eigenvalue weighted by atomic mass is 16.5. The lowest BCUT2D eigenvalue weighted by Crippen LogP contribution is -1.98. The molecule has 0 aliphatic rings. The van der Waals surface area contributed by atoms with Crippen LogP contribution in [0.5, 0.6) is 5.75 Å². The number of hydrogen-bond donors (Lipinski definition) is 1. The highest BCUT2D eigenvalue weighted by Crippen LogP contribution is 2.18. The topological polar surface area (TPSA) is 29.5 Å². The Morgan fingerprint density at radius 1 is 1.05 bits per heavy atom. The van der Waals surface area contributed by atoms with Crippen molar-refractivity contribution in [1.29, 1.82) is 0 Å². The fraction of sp³-hybridized carbons (Fsp3) is 0.263. The Bertz CT molecular complexity index is 663. The molecule has 0 amide bonds. The smallest absolute Gasteiger partial charge is 0.120 e. The third-order valence-electron chi connectivity index (χ3n) is 3.31. The minimum atomic E-state index is 0.101. The fourth-order valence-corrected chi connectivity index (χ4v) is 2.01. The van der Waals surface area contributed by atoms with Crippen molar-refractivity contribution >= 4 is 0 Å². The van der Waals surface area contributed by atoms with Crippen LogP contribution in [0.1, 0.15) is 28.7 Å². The van der Waals surface area contributed by atoms with Crippen molar-refractivity contribution in [3.05, 3.63) is 64.7 Å². The zero-order chi connectivity index (χ0) is 15.1. The Morgan fingerprint density at radius 3 is 2.57 bits per heavy atom. The quantitative estimate of drug-likeness (QED) is 0.867. The second-order valence-corrected chi connectivity index (χ2v) is 4.97. The van der Waals surface area contributed by atoms with Gasteiger partial charge in [-0.3, -0.25) is 0 Å². The molecule has 0 radical (unpaired) electrons. The number of rotatable bonds is 4. The Balaban J connectivity index is 2.04. The van der Waals surface area contributed by atoms with Gasteiger partial charge in [0.05, 0.1) is 6.61 Å². The van der Waals surface area contributed by atoms with Gasteiger partial charge in [-0.1, -0.05) is 36.1 Å². The van der Waals surface area contributed by atoms with Crippen molar-refractivity contribution in [2.45, 2.75) is 26.9 Å². The summed E-state index contributed by atoms with van der Waals surface area (Å²) in [6, 6.07) is 14.1. The van der Waals surface area contributed by atoms with Crippen LogP contribution in [-0.2, 0) is 6.61 Å². The average molecular weight is 280 g/mol. The van der Waals surface area contributed by atoms with E-state index in [1.54, 1.807) is 0 Å². The van der Waals surface area contributed by atoms with Gasteiger partial charge >= 0.3 is 0 Å². The first-order valence-corrected chi connectivity index (χ1v) is 7.08. The van der Waals surface area contributed by atoms with E-state index >= 15 is 0 Å². The van der Waals surface area contributed by atoms with E-state index in [4.69, 9.17) is 9.84 Å². The molecule has 2 aromatic carbocycles. The summed E-state index contributed by atoms with van der Waals surface area (Å²) in [4.78, 5) is 0. The highest BCUT2D eigenvalue weighted by molar-refractivity contribution is 5.44. The van der Waals surface area contributed by atoms with E-state index in [2.05, 4.69) is 30.9 Å². The lowest BCUT2D eigenvalue weighted by atomic mass is 10.1. The summed E-state index contributed by atoms with van der Waals surface area (Å²) in [5.41, 5.74) is 4.50. The molecule has 2 nitrogen and oxygen atoms in total. The van der Waals surface area contributed by atoms with Gasteiger partial charge in [-0.05, 0) is 48.7 Å². The SMILES string of the molecule is Cc1cc(OCc2ccccc2C)ccc1C#CCCO. The predicted molar refractivity (Wildman–Crippen MR) is 85.3 cm³/mol. The van der Waals surface area contributed by atoms with Gasteiger partial charge in [0.25, 0.3) is 0 Å². The molecule has 0 heterocycles. The Hall–Kier alpha value is -2.24. The molecule has 1 N–H and O–H groups in total. The fourth-order valence-electron chi connectivity index (χ4n) is 2.01. The third-order valence-corrected chi connectivity index (χ3v) is 3.31. The molecule has 2 rings (SSSR count). The van der Waals surface area contributed by atoms with E-state index in [-0.39, 0.29) is 6.61 Å². The summed E-state index contributed by atoms with van der Waals surface area (Å²) in [5, 5.41) is 8.74. The van der Waals surface area contributed by atoms with Crippen molar-refractivity contribution in [3.8, 4) is 17.6 Å².